The highest BCUT2D eigenvalue weighted by Crippen LogP contribution is 2.21. The molecule has 0 bridgehead atoms. The molecule has 0 aliphatic carbocycles. The quantitative estimate of drug-likeness (QED) is 0.836. The number of hydrogen-bond donors (Lipinski definition) is 2. The lowest BCUT2D eigenvalue weighted by atomic mass is 9.96. The minimum atomic E-state index is -1.11. The molecule has 28 heavy (non-hydrogen) atoms. The van der Waals surface area contributed by atoms with E-state index in [0.717, 1.165) is 11.6 Å². The lowest BCUT2D eigenvalue weighted by Crippen LogP contribution is -2.44. The van der Waals surface area contributed by atoms with Crippen molar-refractivity contribution < 1.29 is 22.8 Å². The molecule has 0 aromatic heterocycles. The highest BCUT2D eigenvalue weighted by molar-refractivity contribution is 5.89. The molecule has 148 valence electrons. The lowest BCUT2D eigenvalue weighted by molar-refractivity contribution is -0.126. The third kappa shape index (κ3) is 4.82. The van der Waals surface area contributed by atoms with E-state index in [0.29, 0.717) is 32.5 Å². The van der Waals surface area contributed by atoms with Crippen LogP contribution in [0.15, 0.2) is 42.5 Å². The van der Waals surface area contributed by atoms with Crippen LogP contribution in [0.5, 0.6) is 0 Å². The molecule has 1 aliphatic rings. The van der Waals surface area contributed by atoms with E-state index in [1.807, 2.05) is 0 Å². The molecule has 8 heteroatoms. The number of carbonyl (C=O) groups is 2. The van der Waals surface area contributed by atoms with Crippen molar-refractivity contribution in [3.05, 3.63) is 65.5 Å². The first-order valence-electron chi connectivity index (χ1n) is 8.96. The zero-order valence-electron chi connectivity index (χ0n) is 15.1. The van der Waals surface area contributed by atoms with Crippen molar-refractivity contribution in [2.75, 3.05) is 18.4 Å². The molecule has 2 aromatic rings. The van der Waals surface area contributed by atoms with E-state index in [1.165, 1.54) is 29.2 Å². The van der Waals surface area contributed by atoms with Gasteiger partial charge in [0.15, 0.2) is 11.6 Å². The van der Waals surface area contributed by atoms with Gasteiger partial charge in [0, 0.05) is 25.6 Å². The maximum Gasteiger partial charge on any atom is 0.321 e. The first-order valence-corrected chi connectivity index (χ1v) is 8.96. The van der Waals surface area contributed by atoms with Crippen LogP contribution in [0.25, 0.3) is 0 Å². The number of piperidine rings is 1. The van der Waals surface area contributed by atoms with Gasteiger partial charge in [-0.2, -0.15) is 0 Å². The fraction of sp³-hybridized carbons (Fsp3) is 0.300. The normalized spacial score (nSPS) is 14.6. The first-order chi connectivity index (χ1) is 13.4. The van der Waals surface area contributed by atoms with Crippen LogP contribution in [0.1, 0.15) is 18.4 Å². The largest absolute Gasteiger partial charge is 0.352 e. The maximum atomic E-state index is 13.7. The first kappa shape index (κ1) is 19.7. The third-order valence-electron chi connectivity index (χ3n) is 4.73. The van der Waals surface area contributed by atoms with Crippen molar-refractivity contribution in [2.45, 2.75) is 19.4 Å². The van der Waals surface area contributed by atoms with Gasteiger partial charge < -0.3 is 15.5 Å². The summed E-state index contributed by atoms with van der Waals surface area (Å²) in [5, 5.41) is 5.17. The standard InChI is InChI=1S/C20H20F3N3O2/c21-15-6-4-13(5-7-15)12-24-19(27)14-8-10-26(11-9-14)20(28)25-17-3-1-2-16(22)18(17)23/h1-7,14H,8-12H2,(H,24,27)(H,25,28). The van der Waals surface area contributed by atoms with Gasteiger partial charge in [-0.15, -0.1) is 0 Å². The Bertz CT molecular complexity index is 850. The number of halogens is 3. The Balaban J connectivity index is 1.46. The van der Waals surface area contributed by atoms with Crippen molar-refractivity contribution >= 4 is 17.6 Å². The van der Waals surface area contributed by atoms with Gasteiger partial charge >= 0.3 is 6.03 Å². The molecule has 0 spiro atoms. The van der Waals surface area contributed by atoms with Gasteiger partial charge in [-0.25, -0.2) is 18.0 Å². The molecule has 1 aliphatic heterocycles. The second-order valence-electron chi connectivity index (χ2n) is 6.64. The van der Waals surface area contributed by atoms with E-state index in [9.17, 15) is 22.8 Å². The highest BCUT2D eigenvalue weighted by Gasteiger charge is 2.27. The minimum absolute atomic E-state index is 0.124. The summed E-state index contributed by atoms with van der Waals surface area (Å²) in [7, 11) is 0. The Kier molecular flexibility index (Phi) is 6.18. The second kappa shape index (κ2) is 8.77. The van der Waals surface area contributed by atoms with Gasteiger partial charge in [0.05, 0.1) is 5.69 Å². The van der Waals surface area contributed by atoms with Crippen molar-refractivity contribution in [3.63, 3.8) is 0 Å². The second-order valence-corrected chi connectivity index (χ2v) is 6.64. The number of nitrogens with one attached hydrogen (secondary N) is 2. The maximum absolute atomic E-state index is 13.7. The Hall–Kier alpha value is -3.03. The Morgan fingerprint density at radius 3 is 2.36 bits per heavy atom. The molecular formula is C20H20F3N3O2. The highest BCUT2D eigenvalue weighted by atomic mass is 19.2. The Morgan fingerprint density at radius 1 is 1.00 bits per heavy atom. The van der Waals surface area contributed by atoms with E-state index in [-0.39, 0.29) is 23.3 Å². The number of benzene rings is 2. The monoisotopic (exact) mass is 391 g/mol. The number of likely N-dealkylation sites (tertiary alicyclic amines) is 1. The zero-order chi connectivity index (χ0) is 20.1. The van der Waals surface area contributed by atoms with Crippen LogP contribution in [0.3, 0.4) is 0 Å². The molecular weight excluding hydrogens is 371 g/mol. The number of urea groups is 1. The predicted octanol–water partition coefficient (Wildman–Crippen LogP) is 3.66. The molecule has 0 unspecified atom stereocenters. The number of hydrogen-bond acceptors (Lipinski definition) is 2. The van der Waals surface area contributed by atoms with E-state index >= 15 is 0 Å². The predicted molar refractivity (Wildman–Crippen MR) is 97.9 cm³/mol. The van der Waals surface area contributed by atoms with Gasteiger partial charge in [-0.1, -0.05) is 18.2 Å². The van der Waals surface area contributed by atoms with Crippen LogP contribution in [-0.4, -0.2) is 29.9 Å². The average molecular weight is 391 g/mol. The molecule has 1 fully saturated rings. The molecule has 5 nitrogen and oxygen atoms in total. The SMILES string of the molecule is O=C(NCc1ccc(F)cc1)C1CCN(C(=O)Nc2cccc(F)c2F)CC1. The lowest BCUT2D eigenvalue weighted by Gasteiger charge is -2.31. The molecule has 1 heterocycles. The smallest absolute Gasteiger partial charge is 0.321 e. The van der Waals surface area contributed by atoms with E-state index in [2.05, 4.69) is 10.6 Å². The van der Waals surface area contributed by atoms with Gasteiger partial charge in [0.1, 0.15) is 5.82 Å². The number of rotatable bonds is 4. The fourth-order valence-corrected chi connectivity index (χ4v) is 3.08. The molecule has 3 rings (SSSR count). The summed E-state index contributed by atoms with van der Waals surface area (Å²) in [4.78, 5) is 26.0. The summed E-state index contributed by atoms with van der Waals surface area (Å²) in [6.07, 6.45) is 0.933. The average Bonchev–Trinajstić information content (AvgIpc) is 2.71. The van der Waals surface area contributed by atoms with Gasteiger partial charge in [0.2, 0.25) is 5.91 Å². The van der Waals surface area contributed by atoms with Crippen LogP contribution in [-0.2, 0) is 11.3 Å². The molecule has 0 atom stereocenters. The Morgan fingerprint density at radius 2 is 1.68 bits per heavy atom. The van der Waals surface area contributed by atoms with Crippen molar-refractivity contribution in [3.8, 4) is 0 Å². The Labute approximate surface area is 160 Å². The third-order valence-corrected chi connectivity index (χ3v) is 4.73. The van der Waals surface area contributed by atoms with Crippen LogP contribution in [0.4, 0.5) is 23.7 Å². The summed E-state index contributed by atoms with van der Waals surface area (Å²) in [6.45, 7) is 0.966. The molecule has 0 radical (unpaired) electrons. The van der Waals surface area contributed by atoms with Gasteiger partial charge in [-0.3, -0.25) is 4.79 Å². The van der Waals surface area contributed by atoms with Crippen molar-refractivity contribution in [1.29, 1.82) is 0 Å². The number of carbonyl (C=O) groups excluding carboxylic acids is 2. The molecule has 2 N–H and O–H groups in total. The molecule has 1 saturated heterocycles. The summed E-state index contributed by atoms with van der Waals surface area (Å²) in [5.41, 5.74) is 0.577. The zero-order valence-corrected chi connectivity index (χ0v) is 15.1. The minimum Gasteiger partial charge on any atom is -0.352 e. The fourth-order valence-electron chi connectivity index (χ4n) is 3.08. The van der Waals surface area contributed by atoms with Crippen molar-refractivity contribution in [1.82, 2.24) is 10.2 Å². The summed E-state index contributed by atoms with van der Waals surface area (Å²) >= 11 is 0. The van der Waals surface area contributed by atoms with Gasteiger partial charge in [-0.05, 0) is 42.7 Å². The number of anilines is 1. The number of amides is 3. The summed E-state index contributed by atoms with van der Waals surface area (Å²) in [6, 6.07) is 8.91. The molecule has 3 amide bonds. The van der Waals surface area contributed by atoms with Crippen LogP contribution in [0, 0.1) is 23.4 Å². The van der Waals surface area contributed by atoms with Crippen LogP contribution >= 0.6 is 0 Å². The van der Waals surface area contributed by atoms with Crippen LogP contribution in [0.2, 0.25) is 0 Å². The number of nitrogens with zero attached hydrogens (tertiary/aromatic N) is 1. The van der Waals surface area contributed by atoms with E-state index in [1.54, 1.807) is 12.1 Å². The topological polar surface area (TPSA) is 61.4 Å². The van der Waals surface area contributed by atoms with Gasteiger partial charge in [0.25, 0.3) is 0 Å². The van der Waals surface area contributed by atoms with Crippen molar-refractivity contribution in [2.24, 2.45) is 5.92 Å². The van der Waals surface area contributed by atoms with E-state index in [4.69, 9.17) is 0 Å². The summed E-state index contributed by atoms with van der Waals surface area (Å²) < 4.78 is 39.8. The summed E-state index contributed by atoms with van der Waals surface area (Å²) in [5.74, 6) is -2.84. The molecule has 2 aromatic carbocycles. The van der Waals surface area contributed by atoms with Crippen LogP contribution < -0.4 is 10.6 Å². The van der Waals surface area contributed by atoms with E-state index < -0.39 is 17.7 Å². The molecule has 0 saturated carbocycles.